The Morgan fingerprint density at radius 2 is 2.14 bits per heavy atom. The van der Waals surface area contributed by atoms with E-state index < -0.39 is 23.6 Å². The number of aliphatic hydroxyl groups excluding tert-OH is 1. The van der Waals surface area contributed by atoms with Gasteiger partial charge in [-0.1, -0.05) is 0 Å². The summed E-state index contributed by atoms with van der Waals surface area (Å²) in [4.78, 5) is 34.6. The molecular weight excluding hydrogens is 290 g/mol. The Labute approximate surface area is 130 Å². The molecule has 2 atom stereocenters. The molecule has 4 N–H and O–H groups in total. The second-order valence-corrected chi connectivity index (χ2v) is 6.31. The van der Waals surface area contributed by atoms with Crippen molar-refractivity contribution in [3.05, 3.63) is 0 Å². The van der Waals surface area contributed by atoms with Gasteiger partial charge in [0.25, 0.3) is 0 Å². The van der Waals surface area contributed by atoms with E-state index in [4.69, 9.17) is 4.74 Å². The predicted octanol–water partition coefficient (Wildman–Crippen LogP) is -0.486. The fourth-order valence-corrected chi connectivity index (χ4v) is 2.14. The van der Waals surface area contributed by atoms with E-state index in [2.05, 4.69) is 16.0 Å². The summed E-state index contributed by atoms with van der Waals surface area (Å²) in [6.07, 6.45) is 0.389. The van der Waals surface area contributed by atoms with Crippen molar-refractivity contribution in [1.29, 1.82) is 0 Å². The van der Waals surface area contributed by atoms with Crippen LogP contribution in [0.25, 0.3) is 0 Å². The minimum absolute atomic E-state index is 0.0559. The van der Waals surface area contributed by atoms with E-state index in [1.807, 2.05) is 0 Å². The Kier molecular flexibility index (Phi) is 6.61. The highest BCUT2D eigenvalue weighted by Gasteiger charge is 2.27. The number of hydrogen-bond donors (Lipinski definition) is 4. The van der Waals surface area contributed by atoms with Gasteiger partial charge in [-0.15, -0.1) is 0 Å². The predicted molar refractivity (Wildman–Crippen MR) is 79.0 cm³/mol. The summed E-state index contributed by atoms with van der Waals surface area (Å²) in [7, 11) is 0. The first kappa shape index (κ1) is 18.2. The van der Waals surface area contributed by atoms with E-state index in [-0.39, 0.29) is 25.0 Å². The monoisotopic (exact) mass is 315 g/mol. The highest BCUT2D eigenvalue weighted by atomic mass is 16.6. The van der Waals surface area contributed by atoms with Gasteiger partial charge >= 0.3 is 6.09 Å². The number of hydrogen-bond acceptors (Lipinski definition) is 5. The zero-order valence-corrected chi connectivity index (χ0v) is 13.3. The van der Waals surface area contributed by atoms with E-state index >= 15 is 0 Å². The highest BCUT2D eigenvalue weighted by molar-refractivity contribution is 5.83. The van der Waals surface area contributed by atoms with Crippen molar-refractivity contribution >= 4 is 17.9 Å². The molecule has 3 amide bonds. The normalized spacial score (nSPS) is 19.3. The van der Waals surface area contributed by atoms with Gasteiger partial charge in [0.1, 0.15) is 12.1 Å². The van der Waals surface area contributed by atoms with Gasteiger partial charge in [-0.05, 0) is 33.6 Å². The number of rotatable bonds is 6. The number of ether oxygens (including phenoxy) is 1. The second-order valence-electron chi connectivity index (χ2n) is 6.31. The molecule has 1 heterocycles. The molecule has 0 bridgehead atoms. The Morgan fingerprint density at radius 3 is 2.64 bits per heavy atom. The van der Waals surface area contributed by atoms with E-state index in [0.717, 1.165) is 0 Å². The van der Waals surface area contributed by atoms with Gasteiger partial charge in [0.15, 0.2) is 0 Å². The van der Waals surface area contributed by atoms with Gasteiger partial charge in [-0.2, -0.15) is 0 Å². The van der Waals surface area contributed by atoms with Crippen molar-refractivity contribution in [1.82, 2.24) is 16.0 Å². The maximum absolute atomic E-state index is 11.7. The number of aliphatic hydroxyl groups is 1. The quantitative estimate of drug-likeness (QED) is 0.528. The Hall–Kier alpha value is -1.83. The molecular formula is C14H25N3O5. The molecule has 126 valence electrons. The Bertz CT molecular complexity index is 419. The van der Waals surface area contributed by atoms with Crippen LogP contribution in [-0.2, 0) is 14.3 Å². The van der Waals surface area contributed by atoms with Crippen molar-refractivity contribution in [3.63, 3.8) is 0 Å². The lowest BCUT2D eigenvalue weighted by Crippen LogP contribution is -2.45. The number of amides is 3. The summed E-state index contributed by atoms with van der Waals surface area (Å²) in [5, 5.41) is 16.9. The summed E-state index contributed by atoms with van der Waals surface area (Å²) in [6, 6.07) is -0.512. The zero-order chi connectivity index (χ0) is 16.8. The van der Waals surface area contributed by atoms with E-state index in [9.17, 15) is 19.5 Å². The van der Waals surface area contributed by atoms with Crippen LogP contribution in [-0.4, -0.2) is 54.4 Å². The van der Waals surface area contributed by atoms with Crippen molar-refractivity contribution < 1.29 is 24.2 Å². The van der Waals surface area contributed by atoms with Crippen LogP contribution >= 0.6 is 0 Å². The fraction of sp³-hybridized carbons (Fsp3) is 0.786. The van der Waals surface area contributed by atoms with E-state index in [0.29, 0.717) is 19.4 Å². The largest absolute Gasteiger partial charge is 0.444 e. The van der Waals surface area contributed by atoms with Gasteiger partial charge in [0.05, 0.1) is 12.6 Å². The summed E-state index contributed by atoms with van der Waals surface area (Å²) in [5.41, 5.74) is -0.635. The third-order valence-corrected chi connectivity index (χ3v) is 3.11. The van der Waals surface area contributed by atoms with Gasteiger partial charge in [-0.25, -0.2) is 4.79 Å². The first-order chi connectivity index (χ1) is 10.2. The van der Waals surface area contributed by atoms with E-state index in [1.54, 1.807) is 20.8 Å². The van der Waals surface area contributed by atoms with Crippen LogP contribution in [0.5, 0.6) is 0 Å². The van der Waals surface area contributed by atoms with Gasteiger partial charge in [0, 0.05) is 12.5 Å². The molecule has 1 fully saturated rings. The van der Waals surface area contributed by atoms with E-state index in [1.165, 1.54) is 0 Å². The maximum Gasteiger partial charge on any atom is 0.408 e. The molecule has 0 aromatic heterocycles. The Balaban J connectivity index is 2.32. The zero-order valence-electron chi connectivity index (χ0n) is 13.3. The average Bonchev–Trinajstić information content (AvgIpc) is 2.79. The fourth-order valence-electron chi connectivity index (χ4n) is 2.14. The molecule has 0 spiro atoms. The molecule has 0 aliphatic carbocycles. The first-order valence-electron chi connectivity index (χ1n) is 7.36. The van der Waals surface area contributed by atoms with Crippen LogP contribution in [0.15, 0.2) is 0 Å². The minimum atomic E-state index is -0.682. The van der Waals surface area contributed by atoms with Crippen molar-refractivity contribution in [3.8, 4) is 0 Å². The molecule has 0 radical (unpaired) electrons. The highest BCUT2D eigenvalue weighted by Crippen LogP contribution is 2.15. The lowest BCUT2D eigenvalue weighted by molar-refractivity contribution is -0.124. The molecule has 8 nitrogen and oxygen atoms in total. The second kappa shape index (κ2) is 7.98. The number of alkyl carbamates (subject to hydrolysis) is 1. The van der Waals surface area contributed by atoms with Crippen molar-refractivity contribution in [2.45, 2.75) is 45.3 Å². The summed E-state index contributed by atoms with van der Waals surface area (Å²) >= 11 is 0. The standard InChI is InChI=1S/C14H25N3O5/c1-14(2,3)22-13(21)16-7-11(19)17-10(8-18)6-9-4-5-15-12(9)20/h9-10,18H,4-8H2,1-3H3,(H,15,20)(H,16,21)(H,17,19)/t9-,10-/m0/s1. The van der Waals surface area contributed by atoms with Crippen LogP contribution in [0, 0.1) is 5.92 Å². The molecule has 0 saturated carbocycles. The minimum Gasteiger partial charge on any atom is -0.444 e. The van der Waals surface area contributed by atoms with Crippen LogP contribution in [0.1, 0.15) is 33.6 Å². The number of carbonyl (C=O) groups is 3. The molecule has 1 aliphatic heterocycles. The van der Waals surface area contributed by atoms with Crippen molar-refractivity contribution in [2.24, 2.45) is 5.92 Å². The first-order valence-corrected chi connectivity index (χ1v) is 7.36. The summed E-state index contributed by atoms with van der Waals surface area (Å²) < 4.78 is 5.01. The van der Waals surface area contributed by atoms with Crippen LogP contribution in [0.3, 0.4) is 0 Å². The lowest BCUT2D eigenvalue weighted by atomic mass is 9.99. The van der Waals surface area contributed by atoms with Crippen LogP contribution in [0.2, 0.25) is 0 Å². The molecule has 1 rings (SSSR count). The van der Waals surface area contributed by atoms with Crippen LogP contribution in [0.4, 0.5) is 4.79 Å². The van der Waals surface area contributed by atoms with Gasteiger partial charge in [-0.3, -0.25) is 9.59 Å². The third kappa shape index (κ3) is 6.75. The number of carbonyl (C=O) groups excluding carboxylic acids is 3. The maximum atomic E-state index is 11.7. The molecule has 0 aromatic carbocycles. The van der Waals surface area contributed by atoms with Gasteiger partial charge in [0.2, 0.25) is 11.8 Å². The molecule has 1 aliphatic rings. The molecule has 8 heteroatoms. The molecule has 1 saturated heterocycles. The SMILES string of the molecule is CC(C)(C)OC(=O)NCC(=O)N[C@H](CO)C[C@@H]1CCNC1=O. The Morgan fingerprint density at radius 1 is 1.45 bits per heavy atom. The molecule has 0 aromatic rings. The third-order valence-electron chi connectivity index (χ3n) is 3.11. The number of nitrogens with one attached hydrogen (secondary N) is 3. The topological polar surface area (TPSA) is 117 Å². The van der Waals surface area contributed by atoms with Gasteiger partial charge < -0.3 is 25.8 Å². The van der Waals surface area contributed by atoms with Crippen LogP contribution < -0.4 is 16.0 Å². The smallest absolute Gasteiger partial charge is 0.408 e. The lowest BCUT2D eigenvalue weighted by Gasteiger charge is -2.21. The summed E-state index contributed by atoms with van der Waals surface area (Å²) in [6.45, 7) is 5.28. The van der Waals surface area contributed by atoms with Crippen molar-refractivity contribution in [2.75, 3.05) is 19.7 Å². The average molecular weight is 315 g/mol. The summed E-state index contributed by atoms with van der Waals surface area (Å²) in [5.74, 6) is -0.695. The molecule has 22 heavy (non-hydrogen) atoms. The molecule has 0 unspecified atom stereocenters.